The average molecular weight is 274 g/mol. The molecule has 0 aliphatic heterocycles. The summed E-state index contributed by atoms with van der Waals surface area (Å²) >= 11 is 0. The van der Waals surface area contributed by atoms with Crippen LogP contribution in [0.25, 0.3) is 0 Å². The van der Waals surface area contributed by atoms with Crippen LogP contribution < -0.4 is 5.32 Å². The van der Waals surface area contributed by atoms with Crippen LogP contribution in [0.5, 0.6) is 0 Å². The molecule has 2 nitrogen and oxygen atoms in total. The fourth-order valence-electron chi connectivity index (χ4n) is 3.64. The quantitative estimate of drug-likeness (QED) is 0.895. The van der Waals surface area contributed by atoms with Crippen LogP contribution in [0.1, 0.15) is 52.1 Å². The average Bonchev–Trinajstić information content (AvgIpc) is 2.45. The highest BCUT2D eigenvalue weighted by Crippen LogP contribution is 2.40. The van der Waals surface area contributed by atoms with E-state index in [-0.39, 0.29) is 0 Å². The number of hydrogen-bond donors (Lipinski definition) is 1. The SMILES string of the molecule is CNC(Cc1ccccn1)C1CCC(C(C)(C)C)CC1. The van der Waals surface area contributed by atoms with Crippen LogP contribution in [-0.4, -0.2) is 18.1 Å². The van der Waals surface area contributed by atoms with Gasteiger partial charge in [-0.3, -0.25) is 4.98 Å². The molecule has 0 radical (unpaired) electrons. The molecule has 0 saturated heterocycles. The second-order valence-corrected chi connectivity index (χ2v) is 7.40. The molecule has 0 aromatic carbocycles. The van der Waals surface area contributed by atoms with E-state index in [9.17, 15) is 0 Å². The number of likely N-dealkylation sites (N-methyl/N-ethyl adjacent to an activating group) is 1. The first-order valence-corrected chi connectivity index (χ1v) is 8.08. The Morgan fingerprint density at radius 3 is 2.40 bits per heavy atom. The molecule has 1 fully saturated rings. The molecule has 1 aliphatic carbocycles. The van der Waals surface area contributed by atoms with Crippen molar-refractivity contribution in [2.24, 2.45) is 17.3 Å². The molecule has 0 amide bonds. The van der Waals surface area contributed by atoms with E-state index in [4.69, 9.17) is 0 Å². The Hall–Kier alpha value is -0.890. The lowest BCUT2D eigenvalue weighted by Crippen LogP contribution is -2.39. The maximum atomic E-state index is 4.48. The van der Waals surface area contributed by atoms with Crippen molar-refractivity contribution in [3.05, 3.63) is 30.1 Å². The predicted octanol–water partition coefficient (Wildman–Crippen LogP) is 4.06. The minimum Gasteiger partial charge on any atom is -0.316 e. The monoisotopic (exact) mass is 274 g/mol. The highest BCUT2D eigenvalue weighted by molar-refractivity contribution is 5.06. The molecule has 1 saturated carbocycles. The number of aromatic nitrogens is 1. The summed E-state index contributed by atoms with van der Waals surface area (Å²) < 4.78 is 0. The molecule has 1 unspecified atom stereocenters. The van der Waals surface area contributed by atoms with Gasteiger partial charge in [-0.25, -0.2) is 0 Å². The number of nitrogens with zero attached hydrogens (tertiary/aromatic N) is 1. The minimum absolute atomic E-state index is 0.473. The van der Waals surface area contributed by atoms with E-state index < -0.39 is 0 Å². The molecule has 20 heavy (non-hydrogen) atoms. The zero-order valence-corrected chi connectivity index (χ0v) is 13.5. The number of hydrogen-bond acceptors (Lipinski definition) is 2. The summed E-state index contributed by atoms with van der Waals surface area (Å²) in [4.78, 5) is 4.48. The first-order chi connectivity index (χ1) is 9.50. The van der Waals surface area contributed by atoms with Crippen LogP contribution >= 0.6 is 0 Å². The standard InChI is InChI=1S/C18H30N2/c1-18(2,3)15-10-8-14(9-11-15)17(19-4)13-16-7-5-6-12-20-16/h5-7,12,14-15,17,19H,8-11,13H2,1-4H3. The van der Waals surface area contributed by atoms with Gasteiger partial charge in [-0.05, 0) is 62.1 Å². The smallest absolute Gasteiger partial charge is 0.0419 e. The Labute approximate surface area is 124 Å². The first kappa shape index (κ1) is 15.5. The van der Waals surface area contributed by atoms with Gasteiger partial charge in [0.25, 0.3) is 0 Å². The van der Waals surface area contributed by atoms with Crippen molar-refractivity contribution >= 4 is 0 Å². The van der Waals surface area contributed by atoms with Gasteiger partial charge in [0.2, 0.25) is 0 Å². The largest absolute Gasteiger partial charge is 0.316 e. The van der Waals surface area contributed by atoms with Gasteiger partial charge in [0.15, 0.2) is 0 Å². The van der Waals surface area contributed by atoms with Crippen molar-refractivity contribution < 1.29 is 0 Å². The van der Waals surface area contributed by atoms with Gasteiger partial charge in [-0.15, -0.1) is 0 Å². The van der Waals surface area contributed by atoms with E-state index in [2.05, 4.69) is 50.3 Å². The second-order valence-electron chi connectivity index (χ2n) is 7.40. The third-order valence-electron chi connectivity index (χ3n) is 5.09. The third-order valence-corrected chi connectivity index (χ3v) is 5.09. The summed E-state index contributed by atoms with van der Waals surface area (Å²) in [6, 6.07) is 6.80. The Morgan fingerprint density at radius 1 is 1.20 bits per heavy atom. The maximum absolute atomic E-state index is 4.48. The Balaban J connectivity index is 1.91. The molecule has 1 aromatic heterocycles. The molecule has 1 aromatic rings. The fourth-order valence-corrected chi connectivity index (χ4v) is 3.64. The summed E-state index contributed by atoms with van der Waals surface area (Å²) in [5.41, 5.74) is 1.69. The van der Waals surface area contributed by atoms with Crippen LogP contribution in [0.2, 0.25) is 0 Å². The van der Waals surface area contributed by atoms with Crippen LogP contribution in [0, 0.1) is 17.3 Å². The van der Waals surface area contributed by atoms with Crippen molar-refractivity contribution in [2.75, 3.05) is 7.05 Å². The zero-order chi connectivity index (χ0) is 14.6. The van der Waals surface area contributed by atoms with Gasteiger partial charge >= 0.3 is 0 Å². The second kappa shape index (κ2) is 6.71. The number of rotatable bonds is 4. The van der Waals surface area contributed by atoms with Gasteiger partial charge in [0.1, 0.15) is 0 Å². The van der Waals surface area contributed by atoms with Crippen molar-refractivity contribution in [3.8, 4) is 0 Å². The van der Waals surface area contributed by atoms with Crippen molar-refractivity contribution in [3.63, 3.8) is 0 Å². The summed E-state index contributed by atoms with van der Waals surface area (Å²) in [7, 11) is 2.10. The lowest BCUT2D eigenvalue weighted by molar-refractivity contribution is 0.134. The molecule has 0 bridgehead atoms. The molecule has 1 N–H and O–H groups in total. The highest BCUT2D eigenvalue weighted by atomic mass is 14.9. The topological polar surface area (TPSA) is 24.9 Å². The van der Waals surface area contributed by atoms with E-state index in [0.29, 0.717) is 11.5 Å². The summed E-state index contributed by atoms with van der Waals surface area (Å²) in [6.45, 7) is 7.17. The summed E-state index contributed by atoms with van der Waals surface area (Å²) in [5.74, 6) is 1.70. The molecule has 2 heteroatoms. The van der Waals surface area contributed by atoms with Gasteiger partial charge < -0.3 is 5.32 Å². The molecule has 1 aliphatic rings. The first-order valence-electron chi connectivity index (χ1n) is 8.08. The Morgan fingerprint density at radius 2 is 1.90 bits per heavy atom. The number of pyridine rings is 1. The maximum Gasteiger partial charge on any atom is 0.0419 e. The van der Waals surface area contributed by atoms with Crippen LogP contribution in [-0.2, 0) is 6.42 Å². The lowest BCUT2D eigenvalue weighted by Gasteiger charge is -2.39. The zero-order valence-electron chi connectivity index (χ0n) is 13.5. The van der Waals surface area contributed by atoms with Crippen molar-refractivity contribution in [1.29, 1.82) is 0 Å². The molecule has 1 atom stereocenters. The van der Waals surface area contributed by atoms with E-state index in [1.807, 2.05) is 12.3 Å². The molecular formula is C18H30N2. The van der Waals surface area contributed by atoms with Crippen molar-refractivity contribution in [2.45, 2.75) is 58.9 Å². The van der Waals surface area contributed by atoms with Gasteiger partial charge in [-0.1, -0.05) is 26.8 Å². The van der Waals surface area contributed by atoms with E-state index in [1.165, 1.54) is 31.4 Å². The Bertz CT molecular complexity index is 386. The Kier molecular flexibility index (Phi) is 5.20. The van der Waals surface area contributed by atoms with Crippen LogP contribution in [0.15, 0.2) is 24.4 Å². The predicted molar refractivity (Wildman–Crippen MR) is 85.7 cm³/mol. The number of nitrogens with one attached hydrogen (secondary N) is 1. The van der Waals surface area contributed by atoms with E-state index in [0.717, 1.165) is 18.3 Å². The third kappa shape index (κ3) is 4.05. The molecule has 0 spiro atoms. The normalized spacial score (nSPS) is 25.4. The van der Waals surface area contributed by atoms with Crippen LogP contribution in [0.3, 0.4) is 0 Å². The molecule has 1 heterocycles. The molecular weight excluding hydrogens is 244 g/mol. The molecule has 112 valence electrons. The summed E-state index contributed by atoms with van der Waals surface area (Å²) in [5, 5.41) is 3.53. The molecule has 2 rings (SSSR count). The van der Waals surface area contributed by atoms with Crippen molar-refractivity contribution in [1.82, 2.24) is 10.3 Å². The van der Waals surface area contributed by atoms with Crippen LogP contribution in [0.4, 0.5) is 0 Å². The fraction of sp³-hybridized carbons (Fsp3) is 0.722. The summed E-state index contributed by atoms with van der Waals surface area (Å²) in [6.07, 6.45) is 8.45. The van der Waals surface area contributed by atoms with Gasteiger partial charge in [0, 0.05) is 24.4 Å². The lowest BCUT2D eigenvalue weighted by atomic mass is 9.68. The minimum atomic E-state index is 0.473. The van der Waals surface area contributed by atoms with Gasteiger partial charge in [0.05, 0.1) is 0 Å². The highest BCUT2D eigenvalue weighted by Gasteiger charge is 2.32. The van der Waals surface area contributed by atoms with E-state index in [1.54, 1.807) is 0 Å². The van der Waals surface area contributed by atoms with E-state index >= 15 is 0 Å². The van der Waals surface area contributed by atoms with Gasteiger partial charge in [-0.2, -0.15) is 0 Å².